The lowest BCUT2D eigenvalue weighted by molar-refractivity contribution is 0.0900. The van der Waals surface area contributed by atoms with Crippen molar-refractivity contribution in [3.63, 3.8) is 0 Å². The molecule has 0 aliphatic rings. The number of unbranched alkanes of at least 4 members (excludes halogenated alkanes) is 10. The third-order valence-corrected chi connectivity index (χ3v) is 5.73. The lowest BCUT2D eigenvalue weighted by Crippen LogP contribution is -2.26. The van der Waals surface area contributed by atoms with Gasteiger partial charge in [-0.2, -0.15) is 0 Å². The molecule has 1 aromatic carbocycles. The maximum Gasteiger partial charge on any atom is 0.257 e. The monoisotopic (exact) mass is 428 g/mol. The average Bonchev–Trinajstić information content (AvgIpc) is 2.77. The summed E-state index contributed by atoms with van der Waals surface area (Å²) in [7, 11) is 0. The van der Waals surface area contributed by atoms with Gasteiger partial charge in [-0.15, -0.1) is 0 Å². The van der Waals surface area contributed by atoms with Gasteiger partial charge in [-0.1, -0.05) is 64.7 Å². The lowest BCUT2D eigenvalue weighted by Gasteiger charge is -2.11. The van der Waals surface area contributed by atoms with Crippen LogP contribution in [0.25, 0.3) is 10.9 Å². The van der Waals surface area contributed by atoms with Crippen molar-refractivity contribution in [2.45, 2.75) is 90.4 Å². The molecule has 5 heteroatoms. The van der Waals surface area contributed by atoms with Gasteiger partial charge in [0.05, 0.1) is 12.1 Å². The SMILES string of the molecule is CCCCCCCCCCCCC(=O)n1c(=O)ccc2ccc(OCCCCN)cc21. The molecule has 0 atom stereocenters. The molecule has 0 spiro atoms. The zero-order chi connectivity index (χ0) is 22.3. The molecule has 31 heavy (non-hydrogen) atoms. The van der Waals surface area contributed by atoms with E-state index in [2.05, 4.69) is 6.92 Å². The molecule has 2 N–H and O–H groups in total. The minimum absolute atomic E-state index is 0.129. The number of rotatable bonds is 16. The number of hydrogen-bond acceptors (Lipinski definition) is 4. The molecule has 0 saturated heterocycles. The normalized spacial score (nSPS) is 11.2. The van der Waals surface area contributed by atoms with Gasteiger partial charge in [0.1, 0.15) is 5.75 Å². The fourth-order valence-electron chi connectivity index (χ4n) is 3.87. The first-order chi connectivity index (χ1) is 15.2. The summed E-state index contributed by atoms with van der Waals surface area (Å²) in [6.45, 7) is 3.46. The van der Waals surface area contributed by atoms with E-state index in [1.165, 1.54) is 55.6 Å². The molecule has 0 unspecified atom stereocenters. The Labute approximate surface area is 187 Å². The van der Waals surface area contributed by atoms with E-state index in [0.717, 1.165) is 37.5 Å². The molecule has 0 fully saturated rings. The van der Waals surface area contributed by atoms with E-state index in [4.69, 9.17) is 10.5 Å². The quantitative estimate of drug-likeness (QED) is 0.329. The second kappa shape index (κ2) is 14.8. The van der Waals surface area contributed by atoms with E-state index in [1.54, 1.807) is 12.1 Å². The summed E-state index contributed by atoms with van der Waals surface area (Å²) in [6, 6.07) is 8.82. The predicted molar refractivity (Wildman–Crippen MR) is 129 cm³/mol. The van der Waals surface area contributed by atoms with Crippen LogP contribution in [0, 0.1) is 0 Å². The highest BCUT2D eigenvalue weighted by atomic mass is 16.5. The largest absolute Gasteiger partial charge is 0.494 e. The van der Waals surface area contributed by atoms with Crippen LogP contribution in [0.3, 0.4) is 0 Å². The lowest BCUT2D eigenvalue weighted by atomic mass is 10.1. The van der Waals surface area contributed by atoms with Crippen LogP contribution >= 0.6 is 0 Å². The molecule has 1 aromatic heterocycles. The van der Waals surface area contributed by atoms with Crippen LogP contribution < -0.4 is 16.0 Å². The fraction of sp³-hybridized carbons (Fsp3) is 0.615. The van der Waals surface area contributed by atoms with Gasteiger partial charge in [-0.05, 0) is 49.4 Å². The van der Waals surface area contributed by atoms with Gasteiger partial charge >= 0.3 is 0 Å². The van der Waals surface area contributed by atoms with Crippen molar-refractivity contribution in [1.82, 2.24) is 4.57 Å². The molecule has 0 amide bonds. The van der Waals surface area contributed by atoms with Gasteiger partial charge in [-0.3, -0.25) is 9.59 Å². The molecule has 2 rings (SSSR count). The van der Waals surface area contributed by atoms with Crippen molar-refractivity contribution in [1.29, 1.82) is 0 Å². The number of aromatic nitrogens is 1. The first-order valence-electron chi connectivity index (χ1n) is 12.2. The Morgan fingerprint density at radius 3 is 2.19 bits per heavy atom. The van der Waals surface area contributed by atoms with Crippen molar-refractivity contribution in [2.75, 3.05) is 13.2 Å². The molecule has 0 bridgehead atoms. The molecule has 5 nitrogen and oxygen atoms in total. The van der Waals surface area contributed by atoms with Gasteiger partial charge in [-0.25, -0.2) is 4.57 Å². The van der Waals surface area contributed by atoms with Crippen LogP contribution in [0.15, 0.2) is 35.1 Å². The van der Waals surface area contributed by atoms with E-state index in [1.807, 2.05) is 12.1 Å². The Kier molecular flexibility index (Phi) is 12.0. The molecule has 2 aromatic rings. The molecule has 1 heterocycles. The molecule has 0 saturated carbocycles. The second-order valence-electron chi connectivity index (χ2n) is 8.40. The van der Waals surface area contributed by atoms with Crippen LogP contribution in [-0.2, 0) is 0 Å². The molecule has 0 aliphatic heterocycles. The van der Waals surface area contributed by atoms with Crippen LogP contribution in [0.1, 0.15) is 95.2 Å². The number of ether oxygens (including phenoxy) is 1. The van der Waals surface area contributed by atoms with E-state index < -0.39 is 0 Å². The maximum absolute atomic E-state index is 12.8. The van der Waals surface area contributed by atoms with Crippen LogP contribution in [0.5, 0.6) is 5.75 Å². The number of carbonyl (C=O) groups excluding carboxylic acids is 1. The van der Waals surface area contributed by atoms with E-state index in [-0.39, 0.29) is 11.5 Å². The summed E-state index contributed by atoms with van der Waals surface area (Å²) < 4.78 is 7.09. The molecule has 172 valence electrons. The number of hydrogen-bond donors (Lipinski definition) is 1. The summed E-state index contributed by atoms with van der Waals surface area (Å²) >= 11 is 0. The highest BCUT2D eigenvalue weighted by molar-refractivity contribution is 5.91. The Bertz CT molecular complexity index is 844. The average molecular weight is 429 g/mol. The summed E-state index contributed by atoms with van der Waals surface area (Å²) in [5, 5.41) is 0.866. The van der Waals surface area contributed by atoms with E-state index in [9.17, 15) is 9.59 Å². The smallest absolute Gasteiger partial charge is 0.257 e. The third-order valence-electron chi connectivity index (χ3n) is 5.73. The Hall–Kier alpha value is -2.14. The van der Waals surface area contributed by atoms with Gasteiger partial charge in [0.25, 0.3) is 5.56 Å². The standard InChI is InChI=1S/C26H40N2O3/c1-2-3-4-5-6-7-8-9-10-11-14-25(29)28-24-21-23(31-20-13-12-19-27)17-15-22(24)16-18-26(28)30/h15-18,21H,2-14,19-20,27H2,1H3. The van der Waals surface area contributed by atoms with Gasteiger partial charge in [0.2, 0.25) is 5.91 Å². The first-order valence-corrected chi connectivity index (χ1v) is 12.2. The number of nitrogens with two attached hydrogens (primary N) is 1. The Balaban J connectivity index is 1.85. The van der Waals surface area contributed by atoms with Crippen molar-refractivity contribution in [2.24, 2.45) is 5.73 Å². The molecular weight excluding hydrogens is 388 g/mol. The summed E-state index contributed by atoms with van der Waals surface area (Å²) in [5.74, 6) is 0.547. The van der Waals surface area contributed by atoms with Gasteiger partial charge < -0.3 is 10.5 Å². The first kappa shape index (κ1) is 25.1. The zero-order valence-electron chi connectivity index (χ0n) is 19.2. The minimum Gasteiger partial charge on any atom is -0.494 e. The predicted octanol–water partition coefficient (Wildman–Crippen LogP) is 6.07. The summed E-state index contributed by atoms with van der Waals surface area (Å²) in [6.07, 6.45) is 14.4. The van der Waals surface area contributed by atoms with Crippen molar-refractivity contribution >= 4 is 16.8 Å². The van der Waals surface area contributed by atoms with Crippen LogP contribution in [0.2, 0.25) is 0 Å². The zero-order valence-corrected chi connectivity index (χ0v) is 19.2. The highest BCUT2D eigenvalue weighted by Gasteiger charge is 2.12. The minimum atomic E-state index is -0.273. The highest BCUT2D eigenvalue weighted by Crippen LogP contribution is 2.21. The number of carbonyl (C=O) groups is 1. The fourth-order valence-corrected chi connectivity index (χ4v) is 3.87. The number of benzene rings is 1. The topological polar surface area (TPSA) is 74.3 Å². The summed E-state index contributed by atoms with van der Waals surface area (Å²) in [4.78, 5) is 25.3. The van der Waals surface area contributed by atoms with Crippen molar-refractivity contribution < 1.29 is 9.53 Å². The number of fused-ring (bicyclic) bond motifs is 1. The number of nitrogens with zero attached hydrogens (tertiary/aromatic N) is 1. The van der Waals surface area contributed by atoms with E-state index in [0.29, 0.717) is 30.8 Å². The molecule has 0 radical (unpaired) electrons. The van der Waals surface area contributed by atoms with Gasteiger partial charge in [0, 0.05) is 18.6 Å². The third kappa shape index (κ3) is 8.86. The van der Waals surface area contributed by atoms with Crippen LogP contribution in [-0.4, -0.2) is 23.6 Å². The molecule has 0 aliphatic carbocycles. The van der Waals surface area contributed by atoms with E-state index >= 15 is 0 Å². The summed E-state index contributed by atoms with van der Waals surface area (Å²) in [5.41, 5.74) is 5.87. The Morgan fingerprint density at radius 1 is 0.871 bits per heavy atom. The maximum atomic E-state index is 12.8. The molecular formula is C26H40N2O3. The Morgan fingerprint density at radius 2 is 1.52 bits per heavy atom. The van der Waals surface area contributed by atoms with Crippen LogP contribution in [0.4, 0.5) is 0 Å². The van der Waals surface area contributed by atoms with Gasteiger partial charge in [0.15, 0.2) is 0 Å². The van der Waals surface area contributed by atoms with Crippen molar-refractivity contribution in [3.05, 3.63) is 40.7 Å². The second-order valence-corrected chi connectivity index (χ2v) is 8.40. The number of pyridine rings is 1. The van der Waals surface area contributed by atoms with Crippen molar-refractivity contribution in [3.8, 4) is 5.75 Å².